The van der Waals surface area contributed by atoms with Crippen LogP contribution < -0.4 is 0 Å². The molecule has 1 rings (SSSR count). The van der Waals surface area contributed by atoms with Crippen LogP contribution in [0.4, 0.5) is 0 Å². The normalized spacial score (nSPS) is 19.2. The maximum absolute atomic E-state index is 10.2. The number of Topliss-reactive ketones (excluding diaryl/α,β-unsaturated/α-hetero) is 1. The molecule has 0 aromatic rings. The lowest BCUT2D eigenvalue weighted by Crippen LogP contribution is -2.12. The van der Waals surface area contributed by atoms with E-state index in [1.807, 2.05) is 6.08 Å². The second kappa shape index (κ2) is 8.72. The van der Waals surface area contributed by atoms with Gasteiger partial charge in [-0.2, -0.15) is 0 Å². The highest BCUT2D eigenvalue weighted by Gasteiger charge is 2.15. The molecule has 1 aliphatic rings. The summed E-state index contributed by atoms with van der Waals surface area (Å²) in [4.78, 5) is 10.2. The van der Waals surface area contributed by atoms with Crippen molar-refractivity contribution in [2.75, 3.05) is 6.61 Å². The third-order valence-corrected chi connectivity index (χ3v) is 2.52. The van der Waals surface area contributed by atoms with E-state index in [0.717, 1.165) is 25.9 Å². The molecule has 0 spiro atoms. The Morgan fingerprint density at radius 3 is 2.69 bits per heavy atom. The van der Waals surface area contributed by atoms with Gasteiger partial charge in [0, 0.05) is 11.8 Å². The standard InChI is InChI=1S/C6H11O2P.C6H12O/c1-6(2)3-4-7-9-8-5-6;1-3-4-5-6(2)7/h3-4,9H,5H2,1-2H3;3-5H2,1-2H3. The number of ketones is 1. The van der Waals surface area contributed by atoms with Crippen molar-refractivity contribution in [3.05, 3.63) is 12.3 Å². The second-order valence-electron chi connectivity index (χ2n) is 4.59. The fraction of sp³-hybridized carbons (Fsp3) is 0.750. The molecule has 1 aliphatic heterocycles. The van der Waals surface area contributed by atoms with Gasteiger partial charge >= 0.3 is 0 Å². The van der Waals surface area contributed by atoms with Crippen molar-refractivity contribution < 1.29 is 13.8 Å². The van der Waals surface area contributed by atoms with Crippen LogP contribution in [0.5, 0.6) is 0 Å². The van der Waals surface area contributed by atoms with E-state index in [9.17, 15) is 4.79 Å². The molecule has 0 fully saturated rings. The van der Waals surface area contributed by atoms with Crippen LogP contribution in [0.15, 0.2) is 12.3 Å². The van der Waals surface area contributed by atoms with Crippen LogP contribution in [0.1, 0.15) is 47.0 Å². The summed E-state index contributed by atoms with van der Waals surface area (Å²) in [7, 11) is 0.175. The highest BCUT2D eigenvalue weighted by Crippen LogP contribution is 2.27. The minimum atomic E-state index is 0.142. The van der Waals surface area contributed by atoms with Gasteiger partial charge in [-0.15, -0.1) is 0 Å². The summed E-state index contributed by atoms with van der Waals surface area (Å²) in [5.74, 6) is 0.307. The van der Waals surface area contributed by atoms with Gasteiger partial charge in [0.25, 0.3) is 0 Å². The van der Waals surface area contributed by atoms with Crippen molar-refractivity contribution in [1.29, 1.82) is 0 Å². The first-order valence-electron chi connectivity index (χ1n) is 5.67. The maximum Gasteiger partial charge on any atom is 0.214 e. The van der Waals surface area contributed by atoms with Crippen molar-refractivity contribution in [2.24, 2.45) is 5.41 Å². The maximum atomic E-state index is 10.2. The topological polar surface area (TPSA) is 35.5 Å². The van der Waals surface area contributed by atoms with E-state index in [-0.39, 0.29) is 14.4 Å². The summed E-state index contributed by atoms with van der Waals surface area (Å²) in [5, 5.41) is 0. The zero-order valence-corrected chi connectivity index (χ0v) is 11.7. The summed E-state index contributed by atoms with van der Waals surface area (Å²) in [6.07, 6.45) is 6.67. The van der Waals surface area contributed by atoms with Gasteiger partial charge in [0.2, 0.25) is 9.03 Å². The van der Waals surface area contributed by atoms with Gasteiger partial charge in [0.1, 0.15) is 5.78 Å². The molecular formula is C12H23O3P. The zero-order chi connectivity index (χ0) is 12.4. The molecule has 16 heavy (non-hydrogen) atoms. The fourth-order valence-electron chi connectivity index (χ4n) is 0.969. The Bertz CT molecular complexity index is 224. The van der Waals surface area contributed by atoms with Crippen LogP contribution in [-0.2, 0) is 13.8 Å². The Balaban J connectivity index is 0.000000293. The largest absolute Gasteiger partial charge is 0.458 e. The number of rotatable bonds is 3. The van der Waals surface area contributed by atoms with Gasteiger partial charge in [-0.05, 0) is 19.4 Å². The quantitative estimate of drug-likeness (QED) is 0.709. The molecule has 1 unspecified atom stereocenters. The van der Waals surface area contributed by atoms with Gasteiger partial charge in [0.15, 0.2) is 0 Å². The molecule has 0 bridgehead atoms. The van der Waals surface area contributed by atoms with Crippen LogP contribution in [0.2, 0.25) is 0 Å². The lowest BCUT2D eigenvalue weighted by molar-refractivity contribution is -0.117. The average molecular weight is 246 g/mol. The van der Waals surface area contributed by atoms with Crippen LogP contribution >= 0.6 is 9.03 Å². The summed E-state index contributed by atoms with van der Waals surface area (Å²) < 4.78 is 10.1. The van der Waals surface area contributed by atoms with Crippen LogP contribution in [0.25, 0.3) is 0 Å². The van der Waals surface area contributed by atoms with E-state index in [2.05, 4.69) is 20.8 Å². The molecular weight excluding hydrogens is 223 g/mol. The molecule has 0 saturated carbocycles. The summed E-state index contributed by atoms with van der Waals surface area (Å²) in [5.41, 5.74) is 0.142. The molecule has 3 nitrogen and oxygen atoms in total. The zero-order valence-electron chi connectivity index (χ0n) is 10.7. The lowest BCUT2D eigenvalue weighted by atomic mass is 9.95. The van der Waals surface area contributed by atoms with Crippen LogP contribution in [0, 0.1) is 5.41 Å². The molecule has 0 aromatic carbocycles. The fourth-order valence-corrected chi connectivity index (χ4v) is 1.59. The molecule has 0 aliphatic carbocycles. The van der Waals surface area contributed by atoms with Crippen molar-refractivity contribution >= 4 is 14.8 Å². The number of hydrogen-bond donors (Lipinski definition) is 0. The van der Waals surface area contributed by atoms with E-state index in [0.29, 0.717) is 5.78 Å². The third-order valence-electron chi connectivity index (χ3n) is 2.02. The van der Waals surface area contributed by atoms with Gasteiger partial charge in [-0.25, -0.2) is 0 Å². The predicted octanol–water partition coefficient (Wildman–Crippen LogP) is 3.85. The molecule has 94 valence electrons. The van der Waals surface area contributed by atoms with E-state index in [1.54, 1.807) is 13.2 Å². The molecule has 1 atom stereocenters. The first-order valence-corrected chi connectivity index (χ1v) is 6.49. The Kier molecular flexibility index (Phi) is 8.50. The van der Waals surface area contributed by atoms with Crippen molar-refractivity contribution in [3.8, 4) is 0 Å². The van der Waals surface area contributed by atoms with Crippen molar-refractivity contribution in [1.82, 2.24) is 0 Å². The number of hydrogen-bond acceptors (Lipinski definition) is 3. The molecule has 1 heterocycles. The molecule has 0 N–H and O–H groups in total. The average Bonchev–Trinajstić information content (AvgIpc) is 2.39. The molecule has 4 heteroatoms. The third kappa shape index (κ3) is 10.1. The second-order valence-corrected chi connectivity index (χ2v) is 5.28. The number of unbranched alkanes of at least 4 members (excludes halogenated alkanes) is 1. The minimum absolute atomic E-state index is 0.142. The molecule has 0 amide bonds. The predicted molar refractivity (Wildman–Crippen MR) is 68.5 cm³/mol. The monoisotopic (exact) mass is 246 g/mol. The van der Waals surface area contributed by atoms with Crippen LogP contribution in [-0.4, -0.2) is 12.4 Å². The van der Waals surface area contributed by atoms with Gasteiger partial charge in [-0.3, -0.25) is 0 Å². The van der Waals surface area contributed by atoms with E-state index < -0.39 is 0 Å². The lowest BCUT2D eigenvalue weighted by Gasteiger charge is -2.15. The first kappa shape index (κ1) is 15.6. The van der Waals surface area contributed by atoms with Gasteiger partial charge < -0.3 is 13.8 Å². The Morgan fingerprint density at radius 2 is 2.19 bits per heavy atom. The Labute approximate surface area is 101 Å². The van der Waals surface area contributed by atoms with E-state index in [1.165, 1.54) is 0 Å². The summed E-state index contributed by atoms with van der Waals surface area (Å²) in [6, 6.07) is 0. The molecule has 0 aromatic heterocycles. The SMILES string of the molecule is CC1(C)C=COPOC1.CCCCC(C)=O. The van der Waals surface area contributed by atoms with Gasteiger partial charge in [0.05, 0.1) is 12.9 Å². The molecule has 0 radical (unpaired) electrons. The minimum Gasteiger partial charge on any atom is -0.458 e. The van der Waals surface area contributed by atoms with Gasteiger partial charge in [-0.1, -0.05) is 27.2 Å². The van der Waals surface area contributed by atoms with Crippen molar-refractivity contribution in [3.63, 3.8) is 0 Å². The van der Waals surface area contributed by atoms with E-state index >= 15 is 0 Å². The smallest absolute Gasteiger partial charge is 0.214 e. The van der Waals surface area contributed by atoms with Crippen molar-refractivity contribution in [2.45, 2.75) is 47.0 Å². The summed E-state index contributed by atoms with van der Waals surface area (Å²) in [6.45, 7) is 8.70. The highest BCUT2D eigenvalue weighted by atomic mass is 31.1. The first-order chi connectivity index (χ1) is 7.48. The van der Waals surface area contributed by atoms with Crippen LogP contribution in [0.3, 0.4) is 0 Å². The number of carbonyl (C=O) groups is 1. The molecule has 0 saturated heterocycles. The van der Waals surface area contributed by atoms with E-state index in [4.69, 9.17) is 9.05 Å². The Hall–Kier alpha value is -0.400. The highest BCUT2D eigenvalue weighted by molar-refractivity contribution is 7.26. The Morgan fingerprint density at radius 1 is 1.50 bits per heavy atom. The number of carbonyl (C=O) groups excluding carboxylic acids is 1. The summed E-state index contributed by atoms with van der Waals surface area (Å²) >= 11 is 0.